The van der Waals surface area contributed by atoms with Gasteiger partial charge in [-0.1, -0.05) is 17.7 Å². The minimum Gasteiger partial charge on any atom is -0.325 e. The standard InChI is InChI=1S/C13H18N2O.ClH/c1-9-3-5-12(6-4-9)15-13(16)10(2)14-11-7-8-11;/h3-6,10-11,14H,7-8H2,1-2H3,(H,15,16);1H. The zero-order valence-corrected chi connectivity index (χ0v) is 11.0. The molecule has 2 N–H and O–H groups in total. The van der Waals surface area contributed by atoms with Crippen LogP contribution >= 0.6 is 12.4 Å². The molecule has 0 spiro atoms. The molecule has 0 heterocycles. The first-order valence-corrected chi connectivity index (χ1v) is 5.79. The molecule has 1 amide bonds. The van der Waals surface area contributed by atoms with Crippen molar-refractivity contribution in [1.29, 1.82) is 0 Å². The zero-order valence-electron chi connectivity index (χ0n) is 10.2. The number of amides is 1. The first-order valence-electron chi connectivity index (χ1n) is 5.79. The smallest absolute Gasteiger partial charge is 0.241 e. The molecule has 1 fully saturated rings. The van der Waals surface area contributed by atoms with Crippen molar-refractivity contribution in [2.75, 3.05) is 5.32 Å². The lowest BCUT2D eigenvalue weighted by Gasteiger charge is -2.13. The van der Waals surface area contributed by atoms with E-state index in [1.165, 1.54) is 18.4 Å². The first kappa shape index (κ1) is 14.0. The summed E-state index contributed by atoms with van der Waals surface area (Å²) in [4.78, 5) is 11.8. The Bertz CT molecular complexity index is 374. The highest BCUT2D eigenvalue weighted by atomic mass is 35.5. The van der Waals surface area contributed by atoms with Crippen molar-refractivity contribution in [3.63, 3.8) is 0 Å². The predicted octanol–water partition coefficient (Wildman–Crippen LogP) is 2.50. The van der Waals surface area contributed by atoms with E-state index in [0.29, 0.717) is 6.04 Å². The van der Waals surface area contributed by atoms with E-state index in [1.54, 1.807) is 0 Å². The lowest BCUT2D eigenvalue weighted by Crippen LogP contribution is -2.39. The molecule has 17 heavy (non-hydrogen) atoms. The Labute approximate surface area is 108 Å². The molecule has 1 aliphatic rings. The van der Waals surface area contributed by atoms with Crippen molar-refractivity contribution >= 4 is 24.0 Å². The molecule has 1 aliphatic carbocycles. The van der Waals surface area contributed by atoms with E-state index in [9.17, 15) is 4.79 Å². The van der Waals surface area contributed by atoms with E-state index in [0.717, 1.165) is 5.69 Å². The quantitative estimate of drug-likeness (QED) is 0.867. The molecule has 3 nitrogen and oxygen atoms in total. The fourth-order valence-corrected chi connectivity index (χ4v) is 1.57. The summed E-state index contributed by atoms with van der Waals surface area (Å²) in [5, 5.41) is 6.17. The van der Waals surface area contributed by atoms with Crippen LogP contribution in [0, 0.1) is 6.92 Å². The third kappa shape index (κ3) is 4.36. The molecular weight excluding hydrogens is 236 g/mol. The number of hydrogen-bond donors (Lipinski definition) is 2. The average molecular weight is 255 g/mol. The maximum Gasteiger partial charge on any atom is 0.241 e. The van der Waals surface area contributed by atoms with Crippen molar-refractivity contribution in [2.24, 2.45) is 0 Å². The molecule has 1 aromatic rings. The van der Waals surface area contributed by atoms with Crippen LogP contribution in [0.2, 0.25) is 0 Å². The van der Waals surface area contributed by atoms with Crippen LogP contribution in [0.25, 0.3) is 0 Å². The number of anilines is 1. The van der Waals surface area contributed by atoms with E-state index < -0.39 is 0 Å². The van der Waals surface area contributed by atoms with E-state index in [2.05, 4.69) is 10.6 Å². The summed E-state index contributed by atoms with van der Waals surface area (Å²) < 4.78 is 0. The van der Waals surface area contributed by atoms with Gasteiger partial charge < -0.3 is 10.6 Å². The fraction of sp³-hybridized carbons (Fsp3) is 0.462. The molecule has 2 rings (SSSR count). The minimum atomic E-state index is -0.117. The highest BCUT2D eigenvalue weighted by Crippen LogP contribution is 2.19. The Hall–Kier alpha value is -1.06. The van der Waals surface area contributed by atoms with Gasteiger partial charge in [0.2, 0.25) is 5.91 Å². The van der Waals surface area contributed by atoms with Crippen molar-refractivity contribution in [1.82, 2.24) is 5.32 Å². The number of rotatable bonds is 4. The van der Waals surface area contributed by atoms with Gasteiger partial charge in [-0.3, -0.25) is 4.79 Å². The van der Waals surface area contributed by atoms with Gasteiger partial charge in [0, 0.05) is 11.7 Å². The molecule has 0 aromatic heterocycles. The van der Waals surface area contributed by atoms with Gasteiger partial charge in [0.15, 0.2) is 0 Å². The number of benzene rings is 1. The van der Waals surface area contributed by atoms with E-state index >= 15 is 0 Å². The summed E-state index contributed by atoms with van der Waals surface area (Å²) in [5.74, 6) is 0.0377. The molecule has 1 aromatic carbocycles. The number of carbonyl (C=O) groups excluding carboxylic acids is 1. The number of carbonyl (C=O) groups is 1. The Kier molecular flexibility index (Phi) is 4.97. The zero-order chi connectivity index (χ0) is 11.5. The van der Waals surface area contributed by atoms with Crippen molar-refractivity contribution < 1.29 is 4.79 Å². The van der Waals surface area contributed by atoms with Crippen molar-refractivity contribution in [2.45, 2.75) is 38.8 Å². The van der Waals surface area contributed by atoms with Crippen LogP contribution in [0.3, 0.4) is 0 Å². The van der Waals surface area contributed by atoms with Crippen LogP contribution in [0.4, 0.5) is 5.69 Å². The molecule has 1 unspecified atom stereocenters. The van der Waals surface area contributed by atoms with Crippen LogP contribution in [0.1, 0.15) is 25.3 Å². The molecule has 0 radical (unpaired) electrons. The van der Waals surface area contributed by atoms with Crippen LogP contribution in [0.15, 0.2) is 24.3 Å². The number of nitrogens with one attached hydrogen (secondary N) is 2. The van der Waals surface area contributed by atoms with E-state index in [-0.39, 0.29) is 24.4 Å². The van der Waals surface area contributed by atoms with Gasteiger partial charge in [-0.15, -0.1) is 12.4 Å². The fourth-order valence-electron chi connectivity index (χ4n) is 1.57. The molecule has 0 bridgehead atoms. The van der Waals surface area contributed by atoms with Gasteiger partial charge in [0.1, 0.15) is 0 Å². The Balaban J connectivity index is 0.00000144. The third-order valence-corrected chi connectivity index (χ3v) is 2.78. The normalized spacial score (nSPS) is 15.9. The van der Waals surface area contributed by atoms with Crippen molar-refractivity contribution in [3.05, 3.63) is 29.8 Å². The lowest BCUT2D eigenvalue weighted by atomic mass is 10.2. The Morgan fingerprint density at radius 1 is 1.29 bits per heavy atom. The summed E-state index contributed by atoms with van der Waals surface area (Å²) in [6.07, 6.45) is 2.39. The van der Waals surface area contributed by atoms with Gasteiger partial charge in [0.25, 0.3) is 0 Å². The van der Waals surface area contributed by atoms with Crippen LogP contribution in [-0.4, -0.2) is 18.0 Å². The van der Waals surface area contributed by atoms with Gasteiger partial charge >= 0.3 is 0 Å². The van der Waals surface area contributed by atoms with Gasteiger partial charge in [0.05, 0.1) is 6.04 Å². The van der Waals surface area contributed by atoms with E-state index in [1.807, 2.05) is 38.1 Å². The molecule has 0 saturated heterocycles. The second kappa shape index (κ2) is 6.03. The first-order chi connectivity index (χ1) is 7.65. The van der Waals surface area contributed by atoms with Crippen LogP contribution < -0.4 is 10.6 Å². The maximum atomic E-state index is 11.8. The predicted molar refractivity (Wildman–Crippen MR) is 72.7 cm³/mol. The van der Waals surface area contributed by atoms with Gasteiger partial charge in [-0.05, 0) is 38.8 Å². The second-order valence-electron chi connectivity index (χ2n) is 4.52. The third-order valence-electron chi connectivity index (χ3n) is 2.78. The molecular formula is C13H19ClN2O. The lowest BCUT2D eigenvalue weighted by molar-refractivity contribution is -0.117. The molecule has 4 heteroatoms. The van der Waals surface area contributed by atoms with Crippen molar-refractivity contribution in [3.8, 4) is 0 Å². The maximum absolute atomic E-state index is 11.8. The number of aryl methyl sites for hydroxylation is 1. The average Bonchev–Trinajstić information content (AvgIpc) is 3.05. The van der Waals surface area contributed by atoms with Crippen LogP contribution in [0.5, 0.6) is 0 Å². The molecule has 94 valence electrons. The second-order valence-corrected chi connectivity index (χ2v) is 4.52. The Morgan fingerprint density at radius 2 is 1.88 bits per heavy atom. The van der Waals surface area contributed by atoms with E-state index in [4.69, 9.17) is 0 Å². The summed E-state index contributed by atoms with van der Waals surface area (Å²) in [7, 11) is 0. The number of hydrogen-bond acceptors (Lipinski definition) is 2. The van der Waals surface area contributed by atoms with Gasteiger partial charge in [-0.25, -0.2) is 0 Å². The SMILES string of the molecule is Cc1ccc(NC(=O)C(C)NC2CC2)cc1.Cl. The Morgan fingerprint density at radius 3 is 2.41 bits per heavy atom. The summed E-state index contributed by atoms with van der Waals surface area (Å²) in [6.45, 7) is 3.94. The minimum absolute atomic E-state index is 0. The van der Waals surface area contributed by atoms with Gasteiger partial charge in [-0.2, -0.15) is 0 Å². The number of halogens is 1. The highest BCUT2D eigenvalue weighted by Gasteiger charge is 2.25. The molecule has 0 aliphatic heterocycles. The topological polar surface area (TPSA) is 41.1 Å². The van der Waals surface area contributed by atoms with Crippen LogP contribution in [-0.2, 0) is 4.79 Å². The molecule has 1 atom stereocenters. The summed E-state index contributed by atoms with van der Waals surface area (Å²) >= 11 is 0. The largest absolute Gasteiger partial charge is 0.325 e. The highest BCUT2D eigenvalue weighted by molar-refractivity contribution is 5.94. The monoisotopic (exact) mass is 254 g/mol. The molecule has 1 saturated carbocycles. The summed E-state index contributed by atoms with van der Waals surface area (Å²) in [6, 6.07) is 8.28. The summed E-state index contributed by atoms with van der Waals surface area (Å²) in [5.41, 5.74) is 2.06.